The maximum Gasteiger partial charge on any atom is 0.319 e. The lowest BCUT2D eigenvalue weighted by Crippen LogP contribution is -2.28. The fourth-order valence-electron chi connectivity index (χ4n) is 2.00. The zero-order valence-corrected chi connectivity index (χ0v) is 13.3. The van der Waals surface area contributed by atoms with Gasteiger partial charge in [-0.05, 0) is 24.6 Å². The summed E-state index contributed by atoms with van der Waals surface area (Å²) in [6.07, 6.45) is 1.64. The van der Waals surface area contributed by atoms with Crippen molar-refractivity contribution in [1.82, 2.24) is 10.3 Å². The van der Waals surface area contributed by atoms with Crippen LogP contribution in [-0.2, 0) is 17.9 Å². The molecule has 1 aromatic heterocycles. The molecule has 0 aliphatic carbocycles. The van der Waals surface area contributed by atoms with E-state index in [-0.39, 0.29) is 6.03 Å². The molecular formula is C17H21N3O3. The van der Waals surface area contributed by atoms with Gasteiger partial charge in [0.05, 0.1) is 13.7 Å². The zero-order chi connectivity index (χ0) is 16.5. The number of urea groups is 1. The van der Waals surface area contributed by atoms with E-state index in [9.17, 15) is 4.79 Å². The van der Waals surface area contributed by atoms with Crippen molar-refractivity contribution in [2.75, 3.05) is 19.0 Å². The fourth-order valence-corrected chi connectivity index (χ4v) is 2.00. The summed E-state index contributed by atoms with van der Waals surface area (Å²) in [7, 11) is 1.56. The van der Waals surface area contributed by atoms with E-state index < -0.39 is 0 Å². The first-order chi connectivity index (χ1) is 11.2. The first-order valence-electron chi connectivity index (χ1n) is 7.42. The molecule has 2 N–H and O–H groups in total. The maximum absolute atomic E-state index is 12.1. The van der Waals surface area contributed by atoms with Crippen LogP contribution in [-0.4, -0.2) is 24.7 Å². The molecule has 0 aliphatic rings. The predicted octanol–water partition coefficient (Wildman–Crippen LogP) is 2.95. The zero-order valence-electron chi connectivity index (χ0n) is 13.3. The molecule has 0 aliphatic heterocycles. The Kier molecular flexibility index (Phi) is 6.38. The van der Waals surface area contributed by atoms with Crippen molar-refractivity contribution in [3.63, 3.8) is 0 Å². The molecule has 2 rings (SSSR count). The average Bonchev–Trinajstić information content (AvgIpc) is 2.59. The summed E-state index contributed by atoms with van der Waals surface area (Å²) in [5.74, 6) is 0.520. The van der Waals surface area contributed by atoms with Crippen LogP contribution in [0, 0.1) is 0 Å². The van der Waals surface area contributed by atoms with E-state index in [0.29, 0.717) is 25.6 Å². The van der Waals surface area contributed by atoms with E-state index in [1.807, 2.05) is 37.3 Å². The number of ether oxygens (including phenoxy) is 2. The lowest BCUT2D eigenvalue weighted by atomic mass is 10.2. The third kappa shape index (κ3) is 5.27. The molecule has 1 heterocycles. The first-order valence-corrected chi connectivity index (χ1v) is 7.42. The first kappa shape index (κ1) is 16.8. The van der Waals surface area contributed by atoms with Crippen LogP contribution < -0.4 is 15.4 Å². The number of amides is 2. The lowest BCUT2D eigenvalue weighted by Gasteiger charge is -2.12. The summed E-state index contributed by atoms with van der Waals surface area (Å²) in [6.45, 7) is 3.42. The number of nitrogens with zero attached hydrogens (tertiary/aromatic N) is 1. The number of aromatic nitrogens is 1. The number of nitrogens with one attached hydrogen (secondary N) is 2. The Labute approximate surface area is 135 Å². The minimum absolute atomic E-state index is 0.273. The highest BCUT2D eigenvalue weighted by Gasteiger charge is 2.06. The molecule has 122 valence electrons. The van der Waals surface area contributed by atoms with Crippen LogP contribution in [0.15, 0.2) is 42.6 Å². The molecule has 0 saturated heterocycles. The summed E-state index contributed by atoms with van der Waals surface area (Å²) in [4.78, 5) is 16.1. The number of hydrogen-bond donors (Lipinski definition) is 2. The summed E-state index contributed by atoms with van der Waals surface area (Å²) >= 11 is 0. The van der Waals surface area contributed by atoms with Crippen molar-refractivity contribution in [2.24, 2.45) is 0 Å². The standard InChI is InChI=1S/C17H21N3O3/c1-3-23-12-14-6-4-5-7-15(14)20-17(21)19-11-13-8-9-18-16(10-13)22-2/h4-10H,3,11-12H2,1-2H3,(H2,19,20,21). The number of carbonyl (C=O) groups excluding carboxylic acids is 1. The van der Waals surface area contributed by atoms with Crippen molar-refractivity contribution in [1.29, 1.82) is 0 Å². The lowest BCUT2D eigenvalue weighted by molar-refractivity contribution is 0.134. The van der Waals surface area contributed by atoms with E-state index >= 15 is 0 Å². The van der Waals surface area contributed by atoms with Crippen LogP contribution >= 0.6 is 0 Å². The summed E-state index contributed by atoms with van der Waals surface area (Å²) in [5, 5.41) is 5.65. The molecule has 2 amide bonds. The topological polar surface area (TPSA) is 72.5 Å². The van der Waals surface area contributed by atoms with Gasteiger partial charge in [-0.3, -0.25) is 0 Å². The highest BCUT2D eigenvalue weighted by molar-refractivity contribution is 5.90. The number of para-hydroxylation sites is 1. The van der Waals surface area contributed by atoms with E-state index in [4.69, 9.17) is 9.47 Å². The number of benzene rings is 1. The van der Waals surface area contributed by atoms with Crippen molar-refractivity contribution in [3.8, 4) is 5.88 Å². The Hall–Kier alpha value is -2.60. The van der Waals surface area contributed by atoms with Crippen LogP contribution in [0.25, 0.3) is 0 Å². The Morgan fingerprint density at radius 3 is 2.87 bits per heavy atom. The monoisotopic (exact) mass is 315 g/mol. The Bertz CT molecular complexity index is 646. The van der Waals surface area contributed by atoms with Gasteiger partial charge in [-0.2, -0.15) is 0 Å². The molecule has 0 bridgehead atoms. The second-order valence-corrected chi connectivity index (χ2v) is 4.81. The molecular weight excluding hydrogens is 294 g/mol. The summed E-state index contributed by atoms with van der Waals surface area (Å²) in [6, 6.07) is 10.9. The normalized spacial score (nSPS) is 10.2. The van der Waals surface area contributed by atoms with Gasteiger partial charge in [0.2, 0.25) is 5.88 Å². The van der Waals surface area contributed by atoms with Gasteiger partial charge in [0.25, 0.3) is 0 Å². The van der Waals surface area contributed by atoms with Gasteiger partial charge in [0.1, 0.15) is 0 Å². The van der Waals surface area contributed by atoms with E-state index in [2.05, 4.69) is 15.6 Å². The molecule has 2 aromatic rings. The van der Waals surface area contributed by atoms with E-state index in [0.717, 1.165) is 16.8 Å². The molecule has 0 saturated carbocycles. The van der Waals surface area contributed by atoms with E-state index in [1.165, 1.54) is 0 Å². The Balaban J connectivity index is 1.92. The smallest absolute Gasteiger partial charge is 0.319 e. The molecule has 0 unspecified atom stereocenters. The third-order valence-corrected chi connectivity index (χ3v) is 3.19. The van der Waals surface area contributed by atoms with Crippen LogP contribution in [0.1, 0.15) is 18.1 Å². The van der Waals surface area contributed by atoms with Crippen molar-refractivity contribution in [3.05, 3.63) is 53.7 Å². The second-order valence-electron chi connectivity index (χ2n) is 4.81. The van der Waals surface area contributed by atoms with Gasteiger partial charge in [0.15, 0.2) is 0 Å². The molecule has 6 heteroatoms. The molecule has 23 heavy (non-hydrogen) atoms. The van der Waals surface area contributed by atoms with Crippen LogP contribution in [0.2, 0.25) is 0 Å². The van der Waals surface area contributed by atoms with Crippen molar-refractivity contribution < 1.29 is 14.3 Å². The van der Waals surface area contributed by atoms with Gasteiger partial charge in [-0.1, -0.05) is 18.2 Å². The third-order valence-electron chi connectivity index (χ3n) is 3.19. The molecule has 0 radical (unpaired) electrons. The van der Waals surface area contributed by atoms with Crippen LogP contribution in [0.3, 0.4) is 0 Å². The summed E-state index contributed by atoms with van der Waals surface area (Å²) < 4.78 is 10.5. The van der Waals surface area contributed by atoms with Gasteiger partial charge < -0.3 is 20.1 Å². The van der Waals surface area contributed by atoms with Crippen LogP contribution in [0.5, 0.6) is 5.88 Å². The number of hydrogen-bond acceptors (Lipinski definition) is 4. The maximum atomic E-state index is 12.1. The molecule has 1 aromatic carbocycles. The number of anilines is 1. The number of methoxy groups -OCH3 is 1. The number of carbonyl (C=O) groups is 1. The predicted molar refractivity (Wildman–Crippen MR) is 88.4 cm³/mol. The highest BCUT2D eigenvalue weighted by Crippen LogP contribution is 2.16. The largest absolute Gasteiger partial charge is 0.481 e. The highest BCUT2D eigenvalue weighted by atomic mass is 16.5. The molecule has 0 spiro atoms. The van der Waals surface area contributed by atoms with Gasteiger partial charge >= 0.3 is 6.03 Å². The summed E-state index contributed by atoms with van der Waals surface area (Å²) in [5.41, 5.74) is 2.59. The minimum Gasteiger partial charge on any atom is -0.481 e. The SMILES string of the molecule is CCOCc1ccccc1NC(=O)NCc1ccnc(OC)c1. The molecule has 6 nitrogen and oxygen atoms in total. The molecule has 0 atom stereocenters. The van der Waals surface area contributed by atoms with Gasteiger partial charge in [0, 0.05) is 36.7 Å². The van der Waals surface area contributed by atoms with Crippen molar-refractivity contribution >= 4 is 11.7 Å². The second kappa shape index (κ2) is 8.75. The fraction of sp³-hybridized carbons (Fsp3) is 0.294. The van der Waals surface area contributed by atoms with Crippen LogP contribution in [0.4, 0.5) is 10.5 Å². The quantitative estimate of drug-likeness (QED) is 0.824. The van der Waals surface area contributed by atoms with Crippen molar-refractivity contribution in [2.45, 2.75) is 20.1 Å². The Morgan fingerprint density at radius 1 is 1.26 bits per heavy atom. The van der Waals surface area contributed by atoms with E-state index in [1.54, 1.807) is 19.4 Å². The minimum atomic E-state index is -0.273. The van der Waals surface area contributed by atoms with Gasteiger partial charge in [-0.25, -0.2) is 9.78 Å². The Morgan fingerprint density at radius 2 is 2.09 bits per heavy atom. The number of pyridine rings is 1. The average molecular weight is 315 g/mol. The molecule has 0 fully saturated rings. The number of rotatable bonds is 7. The van der Waals surface area contributed by atoms with Gasteiger partial charge in [-0.15, -0.1) is 0 Å².